The molecule has 2 aliphatic heterocycles. The fraction of sp³-hybridized carbons (Fsp3) is 0.500. The molecule has 2 aromatic heterocycles. The van der Waals surface area contributed by atoms with Gasteiger partial charge in [0.25, 0.3) is 0 Å². The second kappa shape index (κ2) is 4.41. The first-order valence-electron chi connectivity index (χ1n) is 6.70. The van der Waals surface area contributed by atoms with E-state index in [1.165, 1.54) is 0 Å². The maximum atomic E-state index is 5.81. The standard InChI is InChI=1S/C12H15N7O/c13-10-16-11(15-8-5-7-1-2-9(8)20-7)18-12(17-10)19-4-3-14-6-19/h3-4,6-9H,1-2,5H2,(H3,13,15,16,17,18). The molecular weight excluding hydrogens is 258 g/mol. The molecule has 2 aliphatic rings. The highest BCUT2D eigenvalue weighted by Crippen LogP contribution is 2.35. The number of imidazole rings is 1. The van der Waals surface area contributed by atoms with E-state index in [2.05, 4.69) is 25.3 Å². The van der Waals surface area contributed by atoms with Crippen LogP contribution < -0.4 is 11.1 Å². The van der Waals surface area contributed by atoms with Crippen molar-refractivity contribution in [3.63, 3.8) is 0 Å². The summed E-state index contributed by atoms with van der Waals surface area (Å²) >= 11 is 0. The van der Waals surface area contributed by atoms with Gasteiger partial charge in [0.05, 0.1) is 18.2 Å². The van der Waals surface area contributed by atoms with Gasteiger partial charge in [0.15, 0.2) is 0 Å². The van der Waals surface area contributed by atoms with E-state index in [4.69, 9.17) is 10.5 Å². The molecule has 0 amide bonds. The SMILES string of the molecule is Nc1nc(NC2CC3CCC2O3)nc(-n2ccnc2)n1. The number of nitrogens with one attached hydrogen (secondary N) is 1. The Morgan fingerprint density at radius 2 is 2.25 bits per heavy atom. The Labute approximate surface area is 115 Å². The van der Waals surface area contributed by atoms with Crippen molar-refractivity contribution in [2.45, 2.75) is 37.5 Å². The van der Waals surface area contributed by atoms with Crippen LogP contribution in [-0.2, 0) is 4.74 Å². The Kier molecular flexibility index (Phi) is 2.56. The van der Waals surface area contributed by atoms with Gasteiger partial charge in [-0.25, -0.2) is 4.98 Å². The molecule has 0 aliphatic carbocycles. The minimum Gasteiger partial charge on any atom is -0.373 e. The zero-order valence-electron chi connectivity index (χ0n) is 10.8. The molecule has 104 valence electrons. The van der Waals surface area contributed by atoms with Crippen molar-refractivity contribution in [1.82, 2.24) is 24.5 Å². The number of ether oxygens (including phenoxy) is 1. The van der Waals surface area contributed by atoms with Crippen molar-refractivity contribution in [3.8, 4) is 5.95 Å². The number of nitrogen functional groups attached to an aromatic ring is 1. The number of hydrogen-bond donors (Lipinski definition) is 2. The lowest BCUT2D eigenvalue weighted by Crippen LogP contribution is -2.31. The van der Waals surface area contributed by atoms with Gasteiger partial charge in [-0.05, 0) is 19.3 Å². The minimum absolute atomic E-state index is 0.190. The molecule has 0 radical (unpaired) electrons. The van der Waals surface area contributed by atoms with Crippen LogP contribution >= 0.6 is 0 Å². The third kappa shape index (κ3) is 1.97. The molecule has 0 saturated carbocycles. The summed E-state index contributed by atoms with van der Waals surface area (Å²) in [6, 6.07) is 0.256. The summed E-state index contributed by atoms with van der Waals surface area (Å²) in [5, 5.41) is 3.31. The topological polar surface area (TPSA) is 104 Å². The number of nitrogens with zero attached hydrogens (tertiary/aromatic N) is 5. The zero-order chi connectivity index (χ0) is 13.5. The van der Waals surface area contributed by atoms with Crippen LogP contribution in [0.3, 0.4) is 0 Å². The molecule has 2 aromatic rings. The second-order valence-corrected chi connectivity index (χ2v) is 5.15. The Bertz CT molecular complexity index is 614. The summed E-state index contributed by atoms with van der Waals surface area (Å²) in [4.78, 5) is 16.6. The predicted molar refractivity (Wildman–Crippen MR) is 71.3 cm³/mol. The number of fused-ring (bicyclic) bond motifs is 2. The van der Waals surface area contributed by atoms with E-state index >= 15 is 0 Å². The van der Waals surface area contributed by atoms with Crippen molar-refractivity contribution in [2.75, 3.05) is 11.1 Å². The van der Waals surface area contributed by atoms with Gasteiger partial charge in [-0.1, -0.05) is 0 Å². The van der Waals surface area contributed by atoms with Crippen LogP contribution in [-0.4, -0.2) is 42.8 Å². The van der Waals surface area contributed by atoms with Gasteiger partial charge in [-0.2, -0.15) is 15.0 Å². The number of rotatable bonds is 3. The monoisotopic (exact) mass is 273 g/mol. The van der Waals surface area contributed by atoms with E-state index in [-0.39, 0.29) is 18.1 Å². The van der Waals surface area contributed by atoms with Crippen LogP contribution in [0.1, 0.15) is 19.3 Å². The van der Waals surface area contributed by atoms with Gasteiger partial charge in [-0.15, -0.1) is 0 Å². The van der Waals surface area contributed by atoms with E-state index in [0.717, 1.165) is 19.3 Å². The summed E-state index contributed by atoms with van der Waals surface area (Å²) in [6.07, 6.45) is 8.94. The Morgan fingerprint density at radius 3 is 2.95 bits per heavy atom. The van der Waals surface area contributed by atoms with Gasteiger partial charge in [0, 0.05) is 12.4 Å². The highest BCUT2D eigenvalue weighted by Gasteiger charge is 2.41. The van der Waals surface area contributed by atoms with E-state index in [0.29, 0.717) is 18.0 Å². The number of hydrogen-bond acceptors (Lipinski definition) is 7. The largest absolute Gasteiger partial charge is 0.373 e. The smallest absolute Gasteiger partial charge is 0.241 e. The Hall–Kier alpha value is -2.22. The van der Waals surface area contributed by atoms with Gasteiger partial charge in [0.1, 0.15) is 6.33 Å². The van der Waals surface area contributed by atoms with Crippen LogP contribution in [0.2, 0.25) is 0 Å². The number of aromatic nitrogens is 5. The summed E-state index contributed by atoms with van der Waals surface area (Å²) in [5.41, 5.74) is 5.75. The molecule has 3 unspecified atom stereocenters. The van der Waals surface area contributed by atoms with Gasteiger partial charge in [-0.3, -0.25) is 4.57 Å². The number of anilines is 2. The molecule has 20 heavy (non-hydrogen) atoms. The van der Waals surface area contributed by atoms with Crippen molar-refractivity contribution >= 4 is 11.9 Å². The Morgan fingerprint density at radius 1 is 1.30 bits per heavy atom. The molecule has 0 aromatic carbocycles. The van der Waals surface area contributed by atoms with Gasteiger partial charge >= 0.3 is 0 Å². The van der Waals surface area contributed by atoms with Crippen molar-refractivity contribution in [1.29, 1.82) is 0 Å². The van der Waals surface area contributed by atoms with Crippen LogP contribution in [0.15, 0.2) is 18.7 Å². The van der Waals surface area contributed by atoms with E-state index < -0.39 is 0 Å². The lowest BCUT2D eigenvalue weighted by molar-refractivity contribution is 0.102. The van der Waals surface area contributed by atoms with Crippen LogP contribution in [0.4, 0.5) is 11.9 Å². The first-order chi connectivity index (χ1) is 9.78. The fourth-order valence-electron chi connectivity index (χ4n) is 2.89. The van der Waals surface area contributed by atoms with Gasteiger partial charge in [0.2, 0.25) is 17.8 Å². The first kappa shape index (κ1) is 11.6. The highest BCUT2D eigenvalue weighted by molar-refractivity contribution is 5.36. The van der Waals surface area contributed by atoms with Gasteiger partial charge < -0.3 is 15.8 Å². The normalized spacial score (nSPS) is 27.9. The lowest BCUT2D eigenvalue weighted by atomic mass is 9.96. The lowest BCUT2D eigenvalue weighted by Gasteiger charge is -2.20. The molecule has 8 heteroatoms. The van der Waals surface area contributed by atoms with Crippen molar-refractivity contribution in [3.05, 3.63) is 18.7 Å². The molecule has 3 N–H and O–H groups in total. The molecule has 3 atom stereocenters. The summed E-state index contributed by atoms with van der Waals surface area (Å²) < 4.78 is 7.50. The highest BCUT2D eigenvalue weighted by atomic mass is 16.5. The average molecular weight is 273 g/mol. The van der Waals surface area contributed by atoms with E-state index in [1.807, 2.05) is 0 Å². The van der Waals surface area contributed by atoms with Crippen LogP contribution in [0, 0.1) is 0 Å². The second-order valence-electron chi connectivity index (χ2n) is 5.15. The van der Waals surface area contributed by atoms with Crippen LogP contribution in [0.25, 0.3) is 5.95 Å². The molecule has 8 nitrogen and oxygen atoms in total. The predicted octanol–water partition coefficient (Wildman–Crippen LogP) is 0.371. The minimum atomic E-state index is 0.190. The maximum Gasteiger partial charge on any atom is 0.241 e. The van der Waals surface area contributed by atoms with E-state index in [9.17, 15) is 0 Å². The summed E-state index contributed by atoms with van der Waals surface area (Å²) in [6.45, 7) is 0. The number of nitrogens with two attached hydrogens (primary N) is 1. The fourth-order valence-corrected chi connectivity index (χ4v) is 2.89. The molecule has 2 bridgehead atoms. The molecule has 2 fully saturated rings. The third-order valence-corrected chi connectivity index (χ3v) is 3.80. The zero-order valence-corrected chi connectivity index (χ0v) is 10.8. The van der Waals surface area contributed by atoms with Crippen LogP contribution in [0.5, 0.6) is 0 Å². The Balaban J connectivity index is 1.59. The first-order valence-corrected chi connectivity index (χ1v) is 6.70. The molecule has 4 heterocycles. The van der Waals surface area contributed by atoms with Crippen molar-refractivity contribution in [2.24, 2.45) is 0 Å². The average Bonchev–Trinajstić information content (AvgIpc) is 3.16. The quantitative estimate of drug-likeness (QED) is 0.832. The molecule has 2 saturated heterocycles. The summed E-state index contributed by atoms with van der Waals surface area (Å²) in [7, 11) is 0. The molecule has 0 spiro atoms. The van der Waals surface area contributed by atoms with E-state index in [1.54, 1.807) is 23.3 Å². The molecular formula is C12H15N7O. The molecule has 4 rings (SSSR count). The van der Waals surface area contributed by atoms with Crippen molar-refractivity contribution < 1.29 is 4.74 Å². The maximum absolute atomic E-state index is 5.81. The summed E-state index contributed by atoms with van der Waals surface area (Å²) in [5.74, 6) is 1.14. The third-order valence-electron chi connectivity index (χ3n) is 3.80.